The van der Waals surface area contributed by atoms with Crippen molar-refractivity contribution in [2.45, 2.75) is 13.3 Å². The summed E-state index contributed by atoms with van der Waals surface area (Å²) in [5, 5.41) is 3.64. The summed E-state index contributed by atoms with van der Waals surface area (Å²) < 4.78 is 26.8. The molecule has 0 spiro atoms. The van der Waals surface area contributed by atoms with Gasteiger partial charge < -0.3 is 5.32 Å². The van der Waals surface area contributed by atoms with Crippen LogP contribution in [-0.4, -0.2) is 27.3 Å². The monoisotopic (exact) mass is 354 g/mol. The first-order valence-electron chi connectivity index (χ1n) is 5.61. The Morgan fingerprint density at radius 2 is 2.11 bits per heavy atom. The molecule has 0 fully saturated rings. The average Bonchev–Trinajstić information content (AvgIpc) is 2.28. The molecule has 0 saturated heterocycles. The standard InChI is InChI=1S/C11H16BrClN2O2S/c1-2-14-6-3-7-18(16,17)15-11-5-4-9(13)8-10(11)12/h4-5,8,14-15H,2-3,6-7H2,1H3. The minimum atomic E-state index is -3.31. The molecule has 18 heavy (non-hydrogen) atoms. The second-order valence-electron chi connectivity index (χ2n) is 3.75. The highest BCUT2D eigenvalue weighted by Crippen LogP contribution is 2.26. The molecule has 0 heterocycles. The van der Waals surface area contributed by atoms with Crippen molar-refractivity contribution in [2.24, 2.45) is 0 Å². The van der Waals surface area contributed by atoms with Gasteiger partial charge in [-0.1, -0.05) is 18.5 Å². The molecule has 0 aliphatic heterocycles. The molecule has 1 rings (SSSR count). The first kappa shape index (κ1) is 15.8. The quantitative estimate of drug-likeness (QED) is 0.739. The molecule has 2 N–H and O–H groups in total. The molecule has 1 aromatic rings. The molecule has 0 amide bonds. The van der Waals surface area contributed by atoms with Crippen LogP contribution >= 0.6 is 27.5 Å². The van der Waals surface area contributed by atoms with Crippen LogP contribution in [0.25, 0.3) is 0 Å². The third-order valence-electron chi connectivity index (χ3n) is 2.21. The summed E-state index contributed by atoms with van der Waals surface area (Å²) in [4.78, 5) is 0. The Morgan fingerprint density at radius 1 is 1.39 bits per heavy atom. The van der Waals surface area contributed by atoms with E-state index in [1.807, 2.05) is 6.92 Å². The number of rotatable bonds is 7. The number of hydrogen-bond acceptors (Lipinski definition) is 3. The van der Waals surface area contributed by atoms with E-state index in [1.165, 1.54) is 0 Å². The fourth-order valence-corrected chi connectivity index (χ4v) is 3.41. The van der Waals surface area contributed by atoms with Gasteiger partial charge in [0.05, 0.1) is 11.4 Å². The second kappa shape index (κ2) is 7.33. The molecule has 0 aromatic heterocycles. The zero-order valence-electron chi connectivity index (χ0n) is 10.0. The number of nitrogens with one attached hydrogen (secondary N) is 2. The van der Waals surface area contributed by atoms with Crippen LogP contribution in [-0.2, 0) is 10.0 Å². The van der Waals surface area contributed by atoms with Crippen LogP contribution in [0.15, 0.2) is 22.7 Å². The lowest BCUT2D eigenvalue weighted by molar-refractivity contribution is 0.595. The van der Waals surface area contributed by atoms with Crippen LogP contribution in [0.4, 0.5) is 5.69 Å². The van der Waals surface area contributed by atoms with E-state index < -0.39 is 10.0 Å². The topological polar surface area (TPSA) is 58.2 Å². The van der Waals surface area contributed by atoms with Crippen molar-refractivity contribution in [2.75, 3.05) is 23.6 Å². The normalized spacial score (nSPS) is 11.5. The lowest BCUT2D eigenvalue weighted by Gasteiger charge is -2.10. The molecular formula is C11H16BrClN2O2S. The van der Waals surface area contributed by atoms with Crippen LogP contribution in [0.2, 0.25) is 5.02 Å². The third-order valence-corrected chi connectivity index (χ3v) is 4.46. The Bertz CT molecular complexity index is 494. The molecule has 0 aliphatic rings. The molecule has 0 radical (unpaired) electrons. The average molecular weight is 356 g/mol. The van der Waals surface area contributed by atoms with Gasteiger partial charge in [0.1, 0.15) is 0 Å². The van der Waals surface area contributed by atoms with Gasteiger partial charge in [-0.25, -0.2) is 8.42 Å². The molecule has 0 bridgehead atoms. The number of hydrogen-bond donors (Lipinski definition) is 2. The van der Waals surface area contributed by atoms with Crippen LogP contribution in [0.1, 0.15) is 13.3 Å². The van der Waals surface area contributed by atoms with Gasteiger partial charge in [0.25, 0.3) is 0 Å². The van der Waals surface area contributed by atoms with Gasteiger partial charge in [0.15, 0.2) is 0 Å². The van der Waals surface area contributed by atoms with E-state index in [2.05, 4.69) is 26.0 Å². The van der Waals surface area contributed by atoms with Crippen molar-refractivity contribution < 1.29 is 8.42 Å². The molecular weight excluding hydrogens is 340 g/mol. The van der Waals surface area contributed by atoms with Crippen molar-refractivity contribution in [3.05, 3.63) is 27.7 Å². The van der Waals surface area contributed by atoms with Gasteiger partial charge in [-0.15, -0.1) is 0 Å². The highest BCUT2D eigenvalue weighted by Gasteiger charge is 2.11. The van der Waals surface area contributed by atoms with E-state index in [0.29, 0.717) is 28.1 Å². The predicted molar refractivity (Wildman–Crippen MR) is 79.7 cm³/mol. The Kier molecular flexibility index (Phi) is 6.42. The minimum absolute atomic E-state index is 0.0923. The third kappa shape index (κ3) is 5.56. The first-order valence-corrected chi connectivity index (χ1v) is 8.43. The SMILES string of the molecule is CCNCCCS(=O)(=O)Nc1ccc(Cl)cc1Br. The van der Waals surface area contributed by atoms with Crippen molar-refractivity contribution in [1.29, 1.82) is 0 Å². The fourth-order valence-electron chi connectivity index (χ4n) is 1.35. The second-order valence-corrected chi connectivity index (χ2v) is 6.88. The smallest absolute Gasteiger partial charge is 0.232 e. The molecule has 1 aromatic carbocycles. The van der Waals surface area contributed by atoms with E-state index >= 15 is 0 Å². The number of sulfonamides is 1. The molecule has 4 nitrogen and oxygen atoms in total. The fraction of sp³-hybridized carbons (Fsp3) is 0.455. The van der Waals surface area contributed by atoms with E-state index in [0.717, 1.165) is 6.54 Å². The maximum atomic E-state index is 11.8. The number of anilines is 1. The van der Waals surface area contributed by atoms with Crippen LogP contribution in [0.5, 0.6) is 0 Å². The van der Waals surface area contributed by atoms with Crippen molar-refractivity contribution in [3.63, 3.8) is 0 Å². The lowest BCUT2D eigenvalue weighted by atomic mass is 10.3. The maximum absolute atomic E-state index is 11.8. The number of benzene rings is 1. The zero-order chi connectivity index (χ0) is 13.6. The molecule has 0 saturated carbocycles. The predicted octanol–water partition coefficient (Wildman–Crippen LogP) is 2.84. The van der Waals surface area contributed by atoms with Gasteiger partial charge in [-0.05, 0) is 53.6 Å². The van der Waals surface area contributed by atoms with E-state index in [-0.39, 0.29) is 5.75 Å². The summed E-state index contributed by atoms with van der Waals surface area (Å²) in [7, 11) is -3.31. The van der Waals surface area contributed by atoms with E-state index in [4.69, 9.17) is 11.6 Å². The van der Waals surface area contributed by atoms with Crippen molar-refractivity contribution >= 4 is 43.2 Å². The van der Waals surface area contributed by atoms with Crippen molar-refractivity contribution in [1.82, 2.24) is 5.32 Å². The zero-order valence-corrected chi connectivity index (χ0v) is 13.2. The molecule has 0 atom stereocenters. The Balaban J connectivity index is 2.59. The first-order chi connectivity index (χ1) is 8.44. The van der Waals surface area contributed by atoms with Gasteiger partial charge in [-0.2, -0.15) is 0 Å². The van der Waals surface area contributed by atoms with Gasteiger partial charge in [0, 0.05) is 9.50 Å². The summed E-state index contributed by atoms with van der Waals surface area (Å²) in [5.41, 5.74) is 0.503. The van der Waals surface area contributed by atoms with E-state index in [1.54, 1.807) is 18.2 Å². The molecule has 0 unspecified atom stereocenters. The molecule has 0 aliphatic carbocycles. The van der Waals surface area contributed by atoms with Gasteiger partial charge >= 0.3 is 0 Å². The van der Waals surface area contributed by atoms with Crippen LogP contribution in [0, 0.1) is 0 Å². The van der Waals surface area contributed by atoms with Gasteiger partial charge in [-0.3, -0.25) is 4.72 Å². The number of halogens is 2. The van der Waals surface area contributed by atoms with Crippen molar-refractivity contribution in [3.8, 4) is 0 Å². The lowest BCUT2D eigenvalue weighted by Crippen LogP contribution is -2.22. The Labute approximate surface area is 121 Å². The summed E-state index contributed by atoms with van der Waals surface area (Å²) in [6, 6.07) is 4.93. The van der Waals surface area contributed by atoms with E-state index in [9.17, 15) is 8.42 Å². The summed E-state index contributed by atoms with van der Waals surface area (Å²) in [6.45, 7) is 3.52. The van der Waals surface area contributed by atoms with Crippen LogP contribution < -0.4 is 10.0 Å². The Hall–Kier alpha value is -0.300. The summed E-state index contributed by atoms with van der Waals surface area (Å²) in [5.74, 6) is 0.0923. The summed E-state index contributed by atoms with van der Waals surface area (Å²) in [6.07, 6.45) is 0.578. The molecule has 7 heteroatoms. The summed E-state index contributed by atoms with van der Waals surface area (Å²) >= 11 is 9.06. The highest BCUT2D eigenvalue weighted by molar-refractivity contribution is 9.10. The van der Waals surface area contributed by atoms with Crippen LogP contribution in [0.3, 0.4) is 0 Å². The minimum Gasteiger partial charge on any atom is -0.317 e. The highest BCUT2D eigenvalue weighted by atomic mass is 79.9. The largest absolute Gasteiger partial charge is 0.317 e. The molecule has 102 valence electrons. The van der Waals surface area contributed by atoms with Gasteiger partial charge in [0.2, 0.25) is 10.0 Å². The Morgan fingerprint density at radius 3 is 2.72 bits per heavy atom. The maximum Gasteiger partial charge on any atom is 0.232 e.